The van der Waals surface area contributed by atoms with Crippen LogP contribution in [-0.4, -0.2) is 0 Å². The van der Waals surface area contributed by atoms with Crippen LogP contribution >= 0.6 is 0 Å². The van der Waals surface area contributed by atoms with Crippen molar-refractivity contribution >= 4 is 0 Å². The van der Waals surface area contributed by atoms with Gasteiger partial charge in [-0.15, -0.1) is 0 Å². The summed E-state index contributed by atoms with van der Waals surface area (Å²) in [5.41, 5.74) is 3.36. The minimum Gasteiger partial charge on any atom is -0.208 e. The summed E-state index contributed by atoms with van der Waals surface area (Å²) in [6.07, 6.45) is 4.73. The molecule has 0 rings (SSSR count). The number of allylic oxidation sites excluding steroid dienone is 8. The zero-order valence-electron chi connectivity index (χ0n) is 9.44. The number of hydrogen-bond acceptors (Lipinski definition) is 0. The van der Waals surface area contributed by atoms with Crippen molar-refractivity contribution in [2.45, 2.75) is 13.8 Å². The molecule has 0 aromatic carbocycles. The molecule has 0 fully saturated rings. The first-order chi connectivity index (χ1) is 6.84. The zero-order valence-corrected chi connectivity index (χ0v) is 9.44. The fraction of sp³-hybridized carbons (Fsp3) is 0.143. The van der Waals surface area contributed by atoms with Crippen LogP contribution in [0.3, 0.4) is 0 Å². The Morgan fingerprint density at radius 2 is 1.53 bits per heavy atom. The van der Waals surface area contributed by atoms with Gasteiger partial charge in [0.1, 0.15) is 5.83 Å². The summed E-state index contributed by atoms with van der Waals surface area (Å²) in [6.45, 7) is 18.4. The number of rotatable bonds is 5. The number of halogens is 1. The molecule has 80 valence electrons. The minimum absolute atomic E-state index is 0.495. The van der Waals surface area contributed by atoms with Crippen LogP contribution in [0.15, 0.2) is 72.7 Å². The van der Waals surface area contributed by atoms with Crippen molar-refractivity contribution in [1.29, 1.82) is 0 Å². The fourth-order valence-corrected chi connectivity index (χ4v) is 1.00. The van der Waals surface area contributed by atoms with E-state index in [2.05, 4.69) is 26.3 Å². The predicted molar refractivity (Wildman–Crippen MR) is 66.2 cm³/mol. The largest absolute Gasteiger partial charge is 0.208 e. The molecule has 1 heteroatoms. The Hall–Kier alpha value is -1.63. The average molecular weight is 204 g/mol. The van der Waals surface area contributed by atoms with Crippen LogP contribution < -0.4 is 0 Å². The first-order valence-electron chi connectivity index (χ1n) is 4.59. The second-order valence-electron chi connectivity index (χ2n) is 3.46. The van der Waals surface area contributed by atoms with Crippen LogP contribution in [0.5, 0.6) is 0 Å². The quantitative estimate of drug-likeness (QED) is 0.571. The van der Waals surface area contributed by atoms with E-state index in [0.29, 0.717) is 5.57 Å². The second kappa shape index (κ2) is 5.97. The molecule has 0 saturated carbocycles. The van der Waals surface area contributed by atoms with E-state index in [1.807, 2.05) is 19.9 Å². The first-order valence-corrected chi connectivity index (χ1v) is 4.59. The Labute approximate surface area is 91.5 Å². The van der Waals surface area contributed by atoms with Crippen molar-refractivity contribution in [3.05, 3.63) is 72.7 Å². The van der Waals surface area contributed by atoms with E-state index < -0.39 is 5.83 Å². The van der Waals surface area contributed by atoms with Gasteiger partial charge in [0.25, 0.3) is 0 Å². The molecule has 0 aromatic heterocycles. The van der Waals surface area contributed by atoms with Crippen molar-refractivity contribution in [3.8, 4) is 0 Å². The lowest BCUT2D eigenvalue weighted by atomic mass is 10.00. The Bertz CT molecular complexity index is 365. The lowest BCUT2D eigenvalue weighted by Gasteiger charge is -2.05. The van der Waals surface area contributed by atoms with Gasteiger partial charge in [-0.1, -0.05) is 44.0 Å². The summed E-state index contributed by atoms with van der Waals surface area (Å²) in [5.74, 6) is -0.495. The lowest BCUT2D eigenvalue weighted by Crippen LogP contribution is -1.86. The van der Waals surface area contributed by atoms with Crippen LogP contribution in [0.25, 0.3) is 0 Å². The number of hydrogen-bond donors (Lipinski definition) is 0. The van der Waals surface area contributed by atoms with Gasteiger partial charge in [-0.05, 0) is 36.6 Å². The second-order valence-corrected chi connectivity index (χ2v) is 3.46. The van der Waals surface area contributed by atoms with Crippen molar-refractivity contribution in [2.75, 3.05) is 0 Å². The van der Waals surface area contributed by atoms with E-state index in [-0.39, 0.29) is 0 Å². The summed E-state index contributed by atoms with van der Waals surface area (Å²) in [5, 5.41) is 0. The molecule has 0 bridgehead atoms. The van der Waals surface area contributed by atoms with Gasteiger partial charge in [-0.25, -0.2) is 4.39 Å². The molecular formula is C14H17F. The molecule has 0 nitrogen and oxygen atoms in total. The molecular weight excluding hydrogens is 187 g/mol. The third-order valence-corrected chi connectivity index (χ3v) is 1.79. The third-order valence-electron chi connectivity index (χ3n) is 1.79. The van der Waals surface area contributed by atoms with Gasteiger partial charge in [0.05, 0.1) is 0 Å². The average Bonchev–Trinajstić information content (AvgIpc) is 2.11. The van der Waals surface area contributed by atoms with Crippen molar-refractivity contribution in [2.24, 2.45) is 0 Å². The molecule has 0 aliphatic carbocycles. The van der Waals surface area contributed by atoms with Crippen LogP contribution in [0.1, 0.15) is 13.8 Å². The van der Waals surface area contributed by atoms with Gasteiger partial charge in [0, 0.05) is 0 Å². The maximum atomic E-state index is 12.4. The Kier molecular flexibility index (Phi) is 5.32. The van der Waals surface area contributed by atoms with E-state index in [1.54, 1.807) is 6.08 Å². The van der Waals surface area contributed by atoms with Gasteiger partial charge in [-0.2, -0.15) is 0 Å². The minimum atomic E-state index is -0.495. The molecule has 0 N–H and O–H groups in total. The normalized spacial score (nSPS) is 11.5. The summed E-state index contributed by atoms with van der Waals surface area (Å²) in [4.78, 5) is 0. The van der Waals surface area contributed by atoms with E-state index >= 15 is 0 Å². The molecule has 0 spiro atoms. The van der Waals surface area contributed by atoms with E-state index in [9.17, 15) is 4.39 Å². The molecule has 0 saturated heterocycles. The highest BCUT2D eigenvalue weighted by molar-refractivity contribution is 5.49. The highest BCUT2D eigenvalue weighted by atomic mass is 19.1. The van der Waals surface area contributed by atoms with Gasteiger partial charge < -0.3 is 0 Å². The highest BCUT2D eigenvalue weighted by Crippen LogP contribution is 2.18. The van der Waals surface area contributed by atoms with Crippen LogP contribution in [0.4, 0.5) is 4.39 Å². The summed E-state index contributed by atoms with van der Waals surface area (Å²) >= 11 is 0. The molecule has 0 unspecified atom stereocenters. The smallest absolute Gasteiger partial charge is 0.116 e. The van der Waals surface area contributed by atoms with Crippen molar-refractivity contribution < 1.29 is 4.39 Å². The molecule has 0 atom stereocenters. The molecule has 0 aliphatic rings. The molecule has 0 radical (unpaired) electrons. The Morgan fingerprint density at radius 1 is 1.00 bits per heavy atom. The Balaban J connectivity index is 4.67. The van der Waals surface area contributed by atoms with Gasteiger partial charge >= 0.3 is 0 Å². The van der Waals surface area contributed by atoms with Crippen LogP contribution in [-0.2, 0) is 0 Å². The zero-order chi connectivity index (χ0) is 12.0. The fourth-order valence-electron chi connectivity index (χ4n) is 1.00. The maximum absolute atomic E-state index is 12.4. The van der Waals surface area contributed by atoms with E-state index in [1.165, 1.54) is 6.08 Å². The van der Waals surface area contributed by atoms with E-state index in [0.717, 1.165) is 16.7 Å². The van der Waals surface area contributed by atoms with Gasteiger partial charge in [0.2, 0.25) is 0 Å². The maximum Gasteiger partial charge on any atom is 0.116 e. The van der Waals surface area contributed by atoms with Crippen LogP contribution in [0.2, 0.25) is 0 Å². The molecule has 0 aliphatic heterocycles. The molecule has 15 heavy (non-hydrogen) atoms. The summed E-state index contributed by atoms with van der Waals surface area (Å²) in [6, 6.07) is 0. The van der Waals surface area contributed by atoms with E-state index in [4.69, 9.17) is 0 Å². The monoisotopic (exact) mass is 204 g/mol. The topological polar surface area (TPSA) is 0 Å². The van der Waals surface area contributed by atoms with Gasteiger partial charge in [-0.3, -0.25) is 0 Å². The van der Waals surface area contributed by atoms with Crippen LogP contribution in [0, 0.1) is 0 Å². The SMILES string of the molecule is C=C(C)/C=C(/C)C(=C)C(=C)/C=C\C(=C)F. The van der Waals surface area contributed by atoms with Gasteiger partial charge in [0.15, 0.2) is 0 Å². The first kappa shape index (κ1) is 13.4. The molecule has 0 heterocycles. The van der Waals surface area contributed by atoms with Crippen molar-refractivity contribution in [3.63, 3.8) is 0 Å². The molecule has 0 amide bonds. The summed E-state index contributed by atoms with van der Waals surface area (Å²) in [7, 11) is 0. The predicted octanol–water partition coefficient (Wildman–Crippen LogP) is 4.66. The standard InChI is InChI=1S/C14H17F/c1-10(2)9-12(4)14(6)11(3)7-8-13(5)15/h7-9H,1,3,5-6H2,2,4H3/b8-7-,12-9-. The lowest BCUT2D eigenvalue weighted by molar-refractivity contribution is 0.671. The Morgan fingerprint density at radius 3 is 1.93 bits per heavy atom. The summed E-state index contributed by atoms with van der Waals surface area (Å²) < 4.78 is 12.4. The third kappa shape index (κ3) is 5.63. The van der Waals surface area contributed by atoms with Crippen molar-refractivity contribution in [1.82, 2.24) is 0 Å². The highest BCUT2D eigenvalue weighted by Gasteiger charge is 1.99. The molecule has 0 aromatic rings.